The summed E-state index contributed by atoms with van der Waals surface area (Å²) >= 11 is 0. The third-order valence-electron chi connectivity index (χ3n) is 5.31. The first-order chi connectivity index (χ1) is 16.6. The molecule has 1 N–H and O–H groups in total. The molecule has 9 heteroatoms. The van der Waals surface area contributed by atoms with E-state index in [-0.39, 0.29) is 10.6 Å². The zero-order valence-corrected chi connectivity index (χ0v) is 21.3. The molecule has 0 saturated heterocycles. The monoisotopic (exact) mass is 494 g/mol. The molecule has 3 aromatic carbocycles. The molecule has 0 bridgehead atoms. The van der Waals surface area contributed by atoms with Gasteiger partial charge in [-0.2, -0.15) is 5.10 Å². The van der Waals surface area contributed by atoms with Crippen LogP contribution in [0.1, 0.15) is 16.7 Å². The lowest BCUT2D eigenvalue weighted by molar-refractivity contribution is -0.119. The third kappa shape index (κ3) is 6.39. The van der Waals surface area contributed by atoms with Crippen molar-refractivity contribution in [2.45, 2.75) is 18.7 Å². The molecule has 0 unspecified atom stereocenters. The highest BCUT2D eigenvalue weighted by Gasteiger charge is 2.29. The van der Waals surface area contributed by atoms with E-state index < -0.39 is 22.5 Å². The summed E-state index contributed by atoms with van der Waals surface area (Å²) in [7, 11) is 1.28. The Morgan fingerprint density at radius 2 is 1.60 bits per heavy atom. The minimum absolute atomic E-state index is 0.0731. The maximum absolute atomic E-state index is 13.6. The van der Waals surface area contributed by atoms with Crippen LogP contribution in [0.3, 0.4) is 0 Å². The second-order valence-corrected chi connectivity index (χ2v) is 10.1. The fraction of sp³-hybridized carbons (Fsp3) is 0.231. The first-order valence-electron chi connectivity index (χ1n) is 10.9. The highest BCUT2D eigenvalue weighted by Crippen LogP contribution is 2.33. The molecule has 0 aromatic heterocycles. The van der Waals surface area contributed by atoms with Gasteiger partial charge in [-0.1, -0.05) is 35.9 Å². The van der Waals surface area contributed by atoms with Gasteiger partial charge in [0.15, 0.2) is 0 Å². The van der Waals surface area contributed by atoms with E-state index in [9.17, 15) is 13.2 Å². The summed E-state index contributed by atoms with van der Waals surface area (Å²) in [5.74, 6) is -0.256. The van der Waals surface area contributed by atoms with Crippen molar-refractivity contribution in [1.82, 2.24) is 5.43 Å². The number of ether oxygens (including phenoxy) is 1. The van der Waals surface area contributed by atoms with Crippen LogP contribution in [-0.4, -0.2) is 48.3 Å². The topological polar surface area (TPSA) is 91.3 Å². The highest BCUT2D eigenvalue weighted by molar-refractivity contribution is 7.92. The Bertz CT molecular complexity index is 1300. The van der Waals surface area contributed by atoms with Crippen molar-refractivity contribution < 1.29 is 17.9 Å². The minimum atomic E-state index is -4.07. The standard InChI is InChI=1S/C26H30N4O4S/c1-19-6-13-23(14-7-19)35(32,33)30(24-16-20(2)8-15-25(24)34-5)18-26(31)28-27-17-21-9-11-22(12-10-21)29(3)4/h6-17H,18H2,1-5H3,(H,28,31)/b27-17-. The van der Waals surface area contributed by atoms with Crippen LogP contribution in [0, 0.1) is 13.8 Å². The largest absolute Gasteiger partial charge is 0.495 e. The van der Waals surface area contributed by atoms with Crippen LogP contribution in [-0.2, 0) is 14.8 Å². The van der Waals surface area contributed by atoms with Crippen LogP contribution in [0.2, 0.25) is 0 Å². The number of hydrogen-bond donors (Lipinski definition) is 1. The zero-order chi connectivity index (χ0) is 25.6. The minimum Gasteiger partial charge on any atom is -0.495 e. The summed E-state index contributed by atoms with van der Waals surface area (Å²) in [5.41, 5.74) is 6.27. The number of amides is 1. The normalized spacial score (nSPS) is 11.3. The molecule has 8 nitrogen and oxygen atoms in total. The predicted molar refractivity (Wildman–Crippen MR) is 140 cm³/mol. The van der Waals surface area contributed by atoms with Gasteiger partial charge in [0, 0.05) is 19.8 Å². The van der Waals surface area contributed by atoms with E-state index in [1.54, 1.807) is 24.3 Å². The predicted octanol–water partition coefficient (Wildman–Crippen LogP) is 3.72. The average Bonchev–Trinajstić information content (AvgIpc) is 2.83. The van der Waals surface area contributed by atoms with Crippen molar-refractivity contribution in [2.75, 3.05) is 37.0 Å². The van der Waals surface area contributed by atoms with Crippen molar-refractivity contribution in [3.63, 3.8) is 0 Å². The van der Waals surface area contributed by atoms with E-state index in [4.69, 9.17) is 4.74 Å². The van der Waals surface area contributed by atoms with Crippen LogP contribution in [0.25, 0.3) is 0 Å². The quantitative estimate of drug-likeness (QED) is 0.362. The molecule has 3 rings (SSSR count). The molecule has 35 heavy (non-hydrogen) atoms. The molecular weight excluding hydrogens is 464 g/mol. The highest BCUT2D eigenvalue weighted by atomic mass is 32.2. The molecule has 0 saturated carbocycles. The first kappa shape index (κ1) is 25.8. The van der Waals surface area contributed by atoms with Gasteiger partial charge in [-0.05, 0) is 61.4 Å². The van der Waals surface area contributed by atoms with Gasteiger partial charge in [-0.25, -0.2) is 13.8 Å². The number of rotatable bonds is 9. The van der Waals surface area contributed by atoms with E-state index in [0.717, 1.165) is 26.7 Å². The molecular formula is C26H30N4O4S. The van der Waals surface area contributed by atoms with Crippen molar-refractivity contribution >= 4 is 33.5 Å². The first-order valence-corrected chi connectivity index (χ1v) is 12.4. The number of sulfonamides is 1. The summed E-state index contributed by atoms with van der Waals surface area (Å²) in [6, 6.07) is 19.2. The van der Waals surface area contributed by atoms with Gasteiger partial charge in [0.1, 0.15) is 12.3 Å². The van der Waals surface area contributed by atoms with Crippen LogP contribution >= 0.6 is 0 Å². The zero-order valence-electron chi connectivity index (χ0n) is 20.5. The Balaban J connectivity index is 1.87. The van der Waals surface area contributed by atoms with Crippen molar-refractivity contribution in [3.8, 4) is 5.75 Å². The molecule has 3 aromatic rings. The second kappa shape index (κ2) is 11.1. The summed E-state index contributed by atoms with van der Waals surface area (Å²) in [5, 5.41) is 4.00. The van der Waals surface area contributed by atoms with Gasteiger partial charge in [-0.15, -0.1) is 0 Å². The van der Waals surface area contributed by atoms with Crippen LogP contribution in [0.4, 0.5) is 11.4 Å². The number of hydrazone groups is 1. The second-order valence-electron chi connectivity index (χ2n) is 8.28. The lowest BCUT2D eigenvalue weighted by atomic mass is 10.2. The molecule has 0 heterocycles. The Hall–Kier alpha value is -3.85. The van der Waals surface area contributed by atoms with Gasteiger partial charge in [0.2, 0.25) is 0 Å². The van der Waals surface area contributed by atoms with Crippen molar-refractivity contribution in [3.05, 3.63) is 83.4 Å². The maximum atomic E-state index is 13.6. The van der Waals surface area contributed by atoms with Gasteiger partial charge < -0.3 is 9.64 Å². The lowest BCUT2D eigenvalue weighted by Crippen LogP contribution is -2.39. The number of carbonyl (C=O) groups is 1. The smallest absolute Gasteiger partial charge is 0.264 e. The van der Waals surface area contributed by atoms with E-state index in [0.29, 0.717) is 5.75 Å². The Morgan fingerprint density at radius 3 is 2.20 bits per heavy atom. The summed E-state index contributed by atoms with van der Waals surface area (Å²) in [6.45, 7) is 3.23. The lowest BCUT2D eigenvalue weighted by Gasteiger charge is -2.25. The fourth-order valence-corrected chi connectivity index (χ4v) is 4.76. The van der Waals surface area contributed by atoms with Crippen LogP contribution in [0.5, 0.6) is 5.75 Å². The Labute approximate surface area is 206 Å². The number of nitrogens with zero attached hydrogens (tertiary/aromatic N) is 3. The van der Waals surface area contributed by atoms with Crippen molar-refractivity contribution in [2.24, 2.45) is 5.10 Å². The van der Waals surface area contributed by atoms with Gasteiger partial charge >= 0.3 is 0 Å². The third-order valence-corrected chi connectivity index (χ3v) is 7.09. The Morgan fingerprint density at radius 1 is 0.971 bits per heavy atom. The van der Waals surface area contributed by atoms with Crippen molar-refractivity contribution in [1.29, 1.82) is 0 Å². The summed E-state index contributed by atoms with van der Waals surface area (Å²) in [6.07, 6.45) is 1.50. The number of hydrogen-bond acceptors (Lipinski definition) is 6. The molecule has 184 valence electrons. The average molecular weight is 495 g/mol. The molecule has 0 aliphatic carbocycles. The number of anilines is 2. The van der Waals surface area contributed by atoms with E-state index in [2.05, 4.69) is 10.5 Å². The molecule has 0 aliphatic rings. The SMILES string of the molecule is COc1ccc(C)cc1N(CC(=O)N/N=C\c1ccc(N(C)C)cc1)S(=O)(=O)c1ccc(C)cc1. The Kier molecular flexibility index (Phi) is 8.14. The van der Waals surface area contributed by atoms with E-state index >= 15 is 0 Å². The number of aryl methyl sites for hydroxylation is 2. The van der Waals surface area contributed by atoms with Crippen LogP contribution < -0.4 is 19.4 Å². The maximum Gasteiger partial charge on any atom is 0.264 e. The van der Waals surface area contributed by atoms with Gasteiger partial charge in [-0.3, -0.25) is 9.10 Å². The molecule has 0 aliphatic heterocycles. The van der Waals surface area contributed by atoms with E-state index in [1.165, 1.54) is 25.5 Å². The number of nitrogens with one attached hydrogen (secondary N) is 1. The molecule has 0 radical (unpaired) electrons. The number of benzene rings is 3. The number of methoxy groups -OCH3 is 1. The summed E-state index contributed by atoms with van der Waals surface area (Å²) in [4.78, 5) is 14.8. The van der Waals surface area contributed by atoms with E-state index in [1.807, 2.05) is 63.2 Å². The van der Waals surface area contributed by atoms with Gasteiger partial charge in [0.05, 0.1) is 23.9 Å². The molecule has 0 spiro atoms. The van der Waals surface area contributed by atoms with Crippen LogP contribution in [0.15, 0.2) is 76.7 Å². The molecule has 0 atom stereocenters. The summed E-state index contributed by atoms with van der Waals surface area (Å²) < 4.78 is 33.6. The fourth-order valence-electron chi connectivity index (χ4n) is 3.34. The van der Waals surface area contributed by atoms with Gasteiger partial charge in [0.25, 0.3) is 15.9 Å². The number of carbonyl (C=O) groups excluding carboxylic acids is 1. The molecule has 1 amide bonds. The molecule has 0 fully saturated rings.